The first-order valence-corrected chi connectivity index (χ1v) is 7.85. The molecule has 0 aliphatic carbocycles. The number of nitrogens with two attached hydrogens (primary N) is 1. The molecule has 0 saturated carbocycles. The van der Waals surface area contributed by atoms with Crippen LogP contribution in [0.4, 0.5) is 0 Å². The van der Waals surface area contributed by atoms with Gasteiger partial charge in [0.25, 0.3) is 0 Å². The highest BCUT2D eigenvalue weighted by atomic mass is 32.2. The van der Waals surface area contributed by atoms with Crippen molar-refractivity contribution >= 4 is 10.0 Å². The molecule has 1 fully saturated rings. The van der Waals surface area contributed by atoms with E-state index in [-0.39, 0.29) is 11.4 Å². The molecular formula is C13H20N2O3S. The third-order valence-electron chi connectivity index (χ3n) is 3.30. The Labute approximate surface area is 114 Å². The molecule has 0 spiro atoms. The van der Waals surface area contributed by atoms with Crippen LogP contribution in [0.15, 0.2) is 29.2 Å². The Morgan fingerprint density at radius 3 is 2.79 bits per heavy atom. The van der Waals surface area contributed by atoms with Crippen molar-refractivity contribution < 1.29 is 13.2 Å². The molecule has 1 unspecified atom stereocenters. The molecule has 1 atom stereocenters. The van der Waals surface area contributed by atoms with Crippen LogP contribution in [0.2, 0.25) is 0 Å². The van der Waals surface area contributed by atoms with Gasteiger partial charge < -0.3 is 10.5 Å². The Bertz CT molecular complexity index is 537. The Hall–Kier alpha value is -0.950. The third kappa shape index (κ3) is 3.33. The highest BCUT2D eigenvalue weighted by molar-refractivity contribution is 7.89. The minimum atomic E-state index is -3.57. The van der Waals surface area contributed by atoms with Crippen molar-refractivity contribution in [2.24, 2.45) is 5.73 Å². The molecular weight excluding hydrogens is 264 g/mol. The molecule has 19 heavy (non-hydrogen) atoms. The number of hydrogen-bond donors (Lipinski definition) is 2. The fourth-order valence-electron chi connectivity index (χ4n) is 2.33. The van der Waals surface area contributed by atoms with E-state index in [0.29, 0.717) is 18.8 Å². The second-order valence-corrected chi connectivity index (χ2v) is 6.78. The standard InChI is InChI=1S/C13H20N2O3S/c1-13(7-4-8-18-10-13)15-19(16,17)12-6-3-2-5-11(12)9-14/h2-3,5-6,15H,4,7-10,14H2,1H3. The van der Waals surface area contributed by atoms with Crippen molar-refractivity contribution in [3.63, 3.8) is 0 Å². The zero-order chi connectivity index (χ0) is 13.9. The predicted octanol–water partition coefficient (Wildman–Crippen LogP) is 0.993. The zero-order valence-corrected chi connectivity index (χ0v) is 11.9. The summed E-state index contributed by atoms with van der Waals surface area (Å²) in [4.78, 5) is 0.254. The van der Waals surface area contributed by atoms with E-state index in [0.717, 1.165) is 12.8 Å². The Morgan fingerprint density at radius 2 is 2.16 bits per heavy atom. The average molecular weight is 284 g/mol. The van der Waals surface area contributed by atoms with Gasteiger partial charge in [-0.15, -0.1) is 0 Å². The van der Waals surface area contributed by atoms with E-state index >= 15 is 0 Å². The maximum Gasteiger partial charge on any atom is 0.241 e. The summed E-state index contributed by atoms with van der Waals surface area (Å²) in [5.41, 5.74) is 5.67. The molecule has 1 heterocycles. The molecule has 1 aliphatic heterocycles. The van der Waals surface area contributed by atoms with Crippen LogP contribution in [0.1, 0.15) is 25.3 Å². The molecule has 1 aromatic carbocycles. The highest BCUT2D eigenvalue weighted by Crippen LogP contribution is 2.23. The van der Waals surface area contributed by atoms with E-state index in [4.69, 9.17) is 10.5 Å². The SMILES string of the molecule is CC1(NS(=O)(=O)c2ccccc2CN)CCCOC1. The summed E-state index contributed by atoms with van der Waals surface area (Å²) in [6.07, 6.45) is 1.63. The second-order valence-electron chi connectivity index (χ2n) is 5.13. The van der Waals surface area contributed by atoms with Crippen LogP contribution in [0.3, 0.4) is 0 Å². The molecule has 6 heteroatoms. The lowest BCUT2D eigenvalue weighted by Crippen LogP contribution is -2.51. The van der Waals surface area contributed by atoms with Crippen LogP contribution >= 0.6 is 0 Å². The second kappa shape index (κ2) is 5.58. The summed E-state index contributed by atoms with van der Waals surface area (Å²) in [6.45, 7) is 3.16. The summed E-state index contributed by atoms with van der Waals surface area (Å²) in [5.74, 6) is 0. The maximum atomic E-state index is 12.5. The summed E-state index contributed by atoms with van der Waals surface area (Å²) in [6, 6.07) is 6.80. The maximum absolute atomic E-state index is 12.5. The summed E-state index contributed by atoms with van der Waals surface area (Å²) < 4.78 is 33.1. The molecule has 0 aromatic heterocycles. The van der Waals surface area contributed by atoms with Gasteiger partial charge in [0, 0.05) is 13.2 Å². The quantitative estimate of drug-likeness (QED) is 0.864. The molecule has 1 aliphatic rings. The van der Waals surface area contributed by atoms with Gasteiger partial charge in [-0.2, -0.15) is 0 Å². The van der Waals surface area contributed by atoms with Crippen molar-refractivity contribution in [3.05, 3.63) is 29.8 Å². The Balaban J connectivity index is 2.27. The van der Waals surface area contributed by atoms with E-state index < -0.39 is 15.6 Å². The summed E-state index contributed by atoms with van der Waals surface area (Å²) >= 11 is 0. The Kier molecular flexibility index (Phi) is 4.25. The first-order chi connectivity index (χ1) is 8.97. The average Bonchev–Trinajstić information content (AvgIpc) is 2.38. The number of ether oxygens (including phenoxy) is 1. The first-order valence-electron chi connectivity index (χ1n) is 6.37. The van der Waals surface area contributed by atoms with Gasteiger partial charge in [0.15, 0.2) is 0 Å². The van der Waals surface area contributed by atoms with Crippen LogP contribution in [0.25, 0.3) is 0 Å². The van der Waals surface area contributed by atoms with E-state index in [1.807, 2.05) is 6.92 Å². The minimum absolute atomic E-state index is 0.199. The van der Waals surface area contributed by atoms with Gasteiger partial charge in [0.05, 0.1) is 17.0 Å². The van der Waals surface area contributed by atoms with Gasteiger partial charge >= 0.3 is 0 Å². The van der Waals surface area contributed by atoms with Gasteiger partial charge in [-0.1, -0.05) is 18.2 Å². The lowest BCUT2D eigenvalue weighted by Gasteiger charge is -2.34. The first kappa shape index (κ1) is 14.5. The minimum Gasteiger partial charge on any atom is -0.380 e. The lowest BCUT2D eigenvalue weighted by atomic mass is 9.97. The predicted molar refractivity (Wildman–Crippen MR) is 73.1 cm³/mol. The van der Waals surface area contributed by atoms with Crippen LogP contribution in [-0.4, -0.2) is 27.2 Å². The monoisotopic (exact) mass is 284 g/mol. The van der Waals surface area contributed by atoms with Crippen molar-refractivity contribution in [2.45, 2.75) is 36.7 Å². The lowest BCUT2D eigenvalue weighted by molar-refractivity contribution is 0.0386. The topological polar surface area (TPSA) is 81.4 Å². The molecule has 1 aromatic rings. The zero-order valence-electron chi connectivity index (χ0n) is 11.1. The number of sulfonamides is 1. The van der Waals surface area contributed by atoms with Crippen LogP contribution in [0, 0.1) is 0 Å². The molecule has 2 rings (SSSR count). The van der Waals surface area contributed by atoms with Crippen molar-refractivity contribution in [1.82, 2.24) is 4.72 Å². The van der Waals surface area contributed by atoms with Gasteiger partial charge in [-0.05, 0) is 31.4 Å². The van der Waals surface area contributed by atoms with E-state index in [1.54, 1.807) is 24.3 Å². The number of hydrogen-bond acceptors (Lipinski definition) is 4. The van der Waals surface area contributed by atoms with Crippen molar-refractivity contribution in [2.75, 3.05) is 13.2 Å². The summed E-state index contributed by atoms with van der Waals surface area (Å²) in [7, 11) is -3.57. The molecule has 3 N–H and O–H groups in total. The normalized spacial score (nSPS) is 24.3. The van der Waals surface area contributed by atoms with Crippen LogP contribution < -0.4 is 10.5 Å². The molecule has 0 amide bonds. The molecule has 106 valence electrons. The largest absolute Gasteiger partial charge is 0.380 e. The molecule has 0 radical (unpaired) electrons. The van der Waals surface area contributed by atoms with E-state index in [2.05, 4.69) is 4.72 Å². The smallest absolute Gasteiger partial charge is 0.241 e. The summed E-state index contributed by atoms with van der Waals surface area (Å²) in [5, 5.41) is 0. The van der Waals surface area contributed by atoms with Gasteiger partial charge in [0.2, 0.25) is 10.0 Å². The van der Waals surface area contributed by atoms with Gasteiger partial charge in [0.1, 0.15) is 0 Å². The highest BCUT2D eigenvalue weighted by Gasteiger charge is 2.33. The van der Waals surface area contributed by atoms with Crippen molar-refractivity contribution in [1.29, 1.82) is 0 Å². The molecule has 0 bridgehead atoms. The fraction of sp³-hybridized carbons (Fsp3) is 0.538. The van der Waals surface area contributed by atoms with Gasteiger partial charge in [-0.3, -0.25) is 0 Å². The number of benzene rings is 1. The Morgan fingerprint density at radius 1 is 1.42 bits per heavy atom. The number of nitrogens with one attached hydrogen (secondary N) is 1. The molecule has 1 saturated heterocycles. The fourth-order valence-corrected chi connectivity index (χ4v) is 4.00. The van der Waals surface area contributed by atoms with E-state index in [1.165, 1.54) is 0 Å². The number of rotatable bonds is 4. The van der Waals surface area contributed by atoms with E-state index in [9.17, 15) is 8.42 Å². The molecule has 5 nitrogen and oxygen atoms in total. The van der Waals surface area contributed by atoms with Gasteiger partial charge in [-0.25, -0.2) is 13.1 Å². The van der Waals surface area contributed by atoms with Crippen LogP contribution in [0.5, 0.6) is 0 Å². The third-order valence-corrected chi connectivity index (χ3v) is 5.04. The van der Waals surface area contributed by atoms with Crippen molar-refractivity contribution in [3.8, 4) is 0 Å². The van der Waals surface area contributed by atoms with Crippen LogP contribution in [-0.2, 0) is 21.3 Å².